The summed E-state index contributed by atoms with van der Waals surface area (Å²) in [5.41, 5.74) is 5.27. The number of amides is 1. The number of hydrogen-bond acceptors (Lipinski definition) is 4. The zero-order valence-electron chi connectivity index (χ0n) is 19.9. The molecule has 3 aromatic carbocycles. The van der Waals surface area contributed by atoms with Gasteiger partial charge < -0.3 is 19.9 Å². The Bertz CT molecular complexity index is 1110. The molecule has 1 aliphatic rings. The van der Waals surface area contributed by atoms with Gasteiger partial charge in [0.15, 0.2) is 0 Å². The molecule has 0 radical (unpaired) electrons. The van der Waals surface area contributed by atoms with Crippen molar-refractivity contribution in [2.24, 2.45) is 0 Å². The highest BCUT2D eigenvalue weighted by Crippen LogP contribution is 2.44. The molecule has 1 amide bonds. The lowest BCUT2D eigenvalue weighted by Crippen LogP contribution is -2.42. The molecule has 6 nitrogen and oxygen atoms in total. The van der Waals surface area contributed by atoms with Crippen LogP contribution >= 0.6 is 0 Å². The minimum Gasteiger partial charge on any atom is -0.494 e. The molecule has 182 valence electrons. The second-order valence-electron chi connectivity index (χ2n) is 8.76. The van der Waals surface area contributed by atoms with Crippen LogP contribution in [0, 0.1) is 0 Å². The Kier molecular flexibility index (Phi) is 8.03. The van der Waals surface area contributed by atoms with Crippen molar-refractivity contribution in [3.8, 4) is 16.9 Å². The SMILES string of the molecule is CCCCCOc1ccc(CC(NC(=O)OCC2c3ccccc3-c3ccccc32)C(=O)O)cc1. The van der Waals surface area contributed by atoms with Crippen molar-refractivity contribution in [2.45, 2.75) is 44.6 Å². The molecular formula is C29H31NO5. The van der Waals surface area contributed by atoms with Crippen LogP contribution in [0.5, 0.6) is 5.75 Å². The summed E-state index contributed by atoms with van der Waals surface area (Å²) in [4.78, 5) is 24.3. The van der Waals surface area contributed by atoms with E-state index in [0.29, 0.717) is 6.61 Å². The normalized spacial score (nSPS) is 12.9. The molecule has 1 aliphatic carbocycles. The third-order valence-electron chi connectivity index (χ3n) is 6.31. The van der Waals surface area contributed by atoms with Crippen LogP contribution in [-0.2, 0) is 16.0 Å². The third-order valence-corrected chi connectivity index (χ3v) is 6.31. The largest absolute Gasteiger partial charge is 0.494 e. The molecule has 4 rings (SSSR count). The summed E-state index contributed by atoms with van der Waals surface area (Å²) >= 11 is 0. The average Bonchev–Trinajstić information content (AvgIpc) is 3.19. The Labute approximate surface area is 205 Å². The summed E-state index contributed by atoms with van der Waals surface area (Å²) in [7, 11) is 0. The Morgan fingerprint density at radius 2 is 1.54 bits per heavy atom. The fourth-order valence-electron chi connectivity index (χ4n) is 4.48. The van der Waals surface area contributed by atoms with Gasteiger partial charge in [-0.05, 0) is 46.4 Å². The van der Waals surface area contributed by atoms with Crippen LogP contribution in [0.1, 0.15) is 48.8 Å². The number of benzene rings is 3. The summed E-state index contributed by atoms with van der Waals surface area (Å²) in [6.07, 6.45) is 2.67. The van der Waals surface area contributed by atoms with Crippen molar-refractivity contribution in [1.82, 2.24) is 5.32 Å². The van der Waals surface area contributed by atoms with Gasteiger partial charge in [0.25, 0.3) is 0 Å². The van der Waals surface area contributed by atoms with Gasteiger partial charge in [-0.3, -0.25) is 0 Å². The second kappa shape index (κ2) is 11.6. The van der Waals surface area contributed by atoms with Gasteiger partial charge in [-0.25, -0.2) is 9.59 Å². The quantitative estimate of drug-likeness (QED) is 0.344. The molecule has 0 saturated heterocycles. The predicted molar refractivity (Wildman–Crippen MR) is 135 cm³/mol. The Hall–Kier alpha value is -3.80. The zero-order chi connectivity index (χ0) is 24.6. The van der Waals surface area contributed by atoms with Crippen LogP contribution in [0.3, 0.4) is 0 Å². The molecule has 0 heterocycles. The van der Waals surface area contributed by atoms with Gasteiger partial charge in [0.2, 0.25) is 0 Å². The molecule has 0 aromatic heterocycles. The number of carboxylic acids is 1. The first-order chi connectivity index (χ1) is 17.1. The number of unbranched alkanes of at least 4 members (excludes halogenated alkanes) is 2. The number of carboxylic acid groups (broad SMARTS) is 1. The van der Waals surface area contributed by atoms with Gasteiger partial charge >= 0.3 is 12.1 Å². The van der Waals surface area contributed by atoms with Gasteiger partial charge in [-0.1, -0.05) is 80.4 Å². The number of hydrogen-bond donors (Lipinski definition) is 2. The maximum Gasteiger partial charge on any atom is 0.407 e. The standard InChI is InChI=1S/C29H31NO5/c1-2-3-8-17-34-21-15-13-20(14-16-21)18-27(28(31)32)30-29(33)35-19-26-24-11-6-4-9-22(24)23-10-5-7-12-25(23)26/h4-7,9-16,26-27H,2-3,8,17-19H2,1H3,(H,30,33)(H,31,32). The molecule has 6 heteroatoms. The van der Waals surface area contributed by atoms with E-state index in [9.17, 15) is 14.7 Å². The molecule has 1 atom stereocenters. The Morgan fingerprint density at radius 3 is 2.14 bits per heavy atom. The molecule has 0 saturated carbocycles. The minimum atomic E-state index is -1.11. The van der Waals surface area contributed by atoms with E-state index < -0.39 is 18.1 Å². The summed E-state index contributed by atoms with van der Waals surface area (Å²) in [6.45, 7) is 2.94. The van der Waals surface area contributed by atoms with E-state index in [-0.39, 0.29) is 18.9 Å². The molecule has 3 aromatic rings. The smallest absolute Gasteiger partial charge is 0.407 e. The highest BCUT2D eigenvalue weighted by Gasteiger charge is 2.29. The van der Waals surface area contributed by atoms with Crippen LogP contribution in [-0.4, -0.2) is 36.4 Å². The van der Waals surface area contributed by atoms with Crippen LogP contribution in [0.15, 0.2) is 72.8 Å². The summed E-state index contributed by atoms with van der Waals surface area (Å²) in [6, 6.07) is 22.4. The molecule has 2 N–H and O–H groups in total. The molecule has 0 fully saturated rings. The summed E-state index contributed by atoms with van der Waals surface area (Å²) in [5.74, 6) is -0.444. The lowest BCUT2D eigenvalue weighted by atomic mass is 9.98. The zero-order valence-corrected chi connectivity index (χ0v) is 19.9. The van der Waals surface area contributed by atoms with Crippen molar-refractivity contribution in [2.75, 3.05) is 13.2 Å². The van der Waals surface area contributed by atoms with Crippen molar-refractivity contribution in [3.05, 3.63) is 89.5 Å². The fraction of sp³-hybridized carbons (Fsp3) is 0.310. The maximum absolute atomic E-state index is 12.5. The Morgan fingerprint density at radius 1 is 0.914 bits per heavy atom. The predicted octanol–water partition coefficient (Wildman–Crippen LogP) is 5.79. The van der Waals surface area contributed by atoms with E-state index in [4.69, 9.17) is 9.47 Å². The molecule has 0 spiro atoms. The lowest BCUT2D eigenvalue weighted by molar-refractivity contribution is -0.139. The first kappa shape index (κ1) is 24.3. The van der Waals surface area contributed by atoms with Crippen LogP contribution in [0.25, 0.3) is 11.1 Å². The number of carbonyl (C=O) groups is 2. The molecule has 35 heavy (non-hydrogen) atoms. The number of aliphatic carboxylic acids is 1. The monoisotopic (exact) mass is 473 g/mol. The van der Waals surface area contributed by atoms with Gasteiger partial charge in [0, 0.05) is 12.3 Å². The number of alkyl carbamates (subject to hydrolysis) is 1. The molecule has 1 unspecified atom stereocenters. The number of carbonyl (C=O) groups excluding carboxylic acids is 1. The van der Waals surface area contributed by atoms with E-state index in [2.05, 4.69) is 24.4 Å². The Balaban J connectivity index is 1.33. The minimum absolute atomic E-state index is 0.0821. The highest BCUT2D eigenvalue weighted by atomic mass is 16.5. The summed E-state index contributed by atoms with van der Waals surface area (Å²) < 4.78 is 11.2. The second-order valence-corrected chi connectivity index (χ2v) is 8.76. The summed E-state index contributed by atoms with van der Waals surface area (Å²) in [5, 5.41) is 12.2. The van der Waals surface area contributed by atoms with Crippen LogP contribution < -0.4 is 10.1 Å². The van der Waals surface area contributed by atoms with E-state index in [1.165, 1.54) is 0 Å². The third kappa shape index (κ3) is 6.01. The van der Waals surface area contributed by atoms with Gasteiger partial charge in [0.1, 0.15) is 18.4 Å². The molecular weight excluding hydrogens is 442 g/mol. The highest BCUT2D eigenvalue weighted by molar-refractivity contribution is 5.81. The van der Waals surface area contributed by atoms with Gasteiger partial charge in [-0.15, -0.1) is 0 Å². The van der Waals surface area contributed by atoms with E-state index in [0.717, 1.165) is 52.8 Å². The lowest BCUT2D eigenvalue weighted by Gasteiger charge is -2.17. The van der Waals surface area contributed by atoms with E-state index >= 15 is 0 Å². The van der Waals surface area contributed by atoms with E-state index in [1.54, 1.807) is 0 Å². The first-order valence-corrected chi connectivity index (χ1v) is 12.1. The van der Waals surface area contributed by atoms with Crippen molar-refractivity contribution in [3.63, 3.8) is 0 Å². The molecule has 0 bridgehead atoms. The number of ether oxygens (including phenoxy) is 2. The van der Waals surface area contributed by atoms with E-state index in [1.807, 2.05) is 60.7 Å². The first-order valence-electron chi connectivity index (χ1n) is 12.1. The van der Waals surface area contributed by atoms with Crippen molar-refractivity contribution < 1.29 is 24.2 Å². The van der Waals surface area contributed by atoms with Crippen LogP contribution in [0.4, 0.5) is 4.79 Å². The van der Waals surface area contributed by atoms with Gasteiger partial charge in [-0.2, -0.15) is 0 Å². The fourth-order valence-corrected chi connectivity index (χ4v) is 4.48. The average molecular weight is 474 g/mol. The molecule has 0 aliphatic heterocycles. The topological polar surface area (TPSA) is 84.9 Å². The number of nitrogens with one attached hydrogen (secondary N) is 1. The van der Waals surface area contributed by atoms with Gasteiger partial charge in [0.05, 0.1) is 6.61 Å². The van der Waals surface area contributed by atoms with Crippen molar-refractivity contribution >= 4 is 12.1 Å². The van der Waals surface area contributed by atoms with Crippen LogP contribution in [0.2, 0.25) is 0 Å². The van der Waals surface area contributed by atoms with Crippen molar-refractivity contribution in [1.29, 1.82) is 0 Å². The maximum atomic E-state index is 12.5. The number of rotatable bonds is 11. The number of fused-ring (bicyclic) bond motifs is 3.